The van der Waals surface area contributed by atoms with Crippen LogP contribution >= 0.6 is 0 Å². The number of alkyl halides is 1. The Bertz CT molecular complexity index is 1180. The summed E-state index contributed by atoms with van der Waals surface area (Å²) >= 11 is 0. The molecular formula is C26H27FN4O3. The van der Waals surface area contributed by atoms with Gasteiger partial charge in [0.2, 0.25) is 0 Å². The Labute approximate surface area is 197 Å². The fraction of sp³-hybridized carbons (Fsp3) is 0.385. The monoisotopic (exact) mass is 462 g/mol. The third-order valence-corrected chi connectivity index (χ3v) is 6.26. The summed E-state index contributed by atoms with van der Waals surface area (Å²) in [5.41, 5.74) is 1.70. The second kappa shape index (κ2) is 9.55. The van der Waals surface area contributed by atoms with E-state index in [9.17, 15) is 4.39 Å². The molecular weight excluding hydrogens is 435 g/mol. The zero-order chi connectivity index (χ0) is 23.5. The van der Waals surface area contributed by atoms with Gasteiger partial charge in [0.25, 0.3) is 0 Å². The van der Waals surface area contributed by atoms with Crippen molar-refractivity contribution in [3.8, 4) is 28.8 Å². The molecule has 3 aromatic rings. The van der Waals surface area contributed by atoms with Gasteiger partial charge < -0.3 is 14.6 Å². The number of hydrogen-bond donors (Lipinski definition) is 1. The van der Waals surface area contributed by atoms with E-state index >= 15 is 0 Å². The molecule has 1 unspecified atom stereocenters. The van der Waals surface area contributed by atoms with Crippen LogP contribution in [0.15, 0.2) is 54.7 Å². The molecule has 1 atom stereocenters. The highest BCUT2D eigenvalue weighted by molar-refractivity contribution is 5.67. The van der Waals surface area contributed by atoms with Crippen molar-refractivity contribution in [3.05, 3.63) is 65.9 Å². The Morgan fingerprint density at radius 2 is 2.03 bits per heavy atom. The zero-order valence-electron chi connectivity index (χ0n) is 18.9. The van der Waals surface area contributed by atoms with Gasteiger partial charge in [0, 0.05) is 31.8 Å². The van der Waals surface area contributed by atoms with Crippen LogP contribution in [0.3, 0.4) is 0 Å². The van der Waals surface area contributed by atoms with Gasteiger partial charge in [0.1, 0.15) is 17.7 Å². The Morgan fingerprint density at radius 1 is 1.21 bits per heavy atom. The zero-order valence-corrected chi connectivity index (χ0v) is 18.9. The number of aliphatic hydroxyl groups excluding tert-OH is 1. The van der Waals surface area contributed by atoms with Crippen LogP contribution in [0.4, 0.5) is 4.39 Å². The van der Waals surface area contributed by atoms with Crippen LogP contribution in [0.2, 0.25) is 0 Å². The van der Waals surface area contributed by atoms with Crippen LogP contribution < -0.4 is 4.74 Å². The fourth-order valence-corrected chi connectivity index (χ4v) is 4.50. The first-order valence-electron chi connectivity index (χ1n) is 11.6. The van der Waals surface area contributed by atoms with Crippen molar-refractivity contribution in [2.75, 3.05) is 26.3 Å². The van der Waals surface area contributed by atoms with E-state index in [4.69, 9.17) is 24.9 Å². The Balaban J connectivity index is 1.42. The summed E-state index contributed by atoms with van der Waals surface area (Å²) in [6, 6.07) is 17.1. The molecule has 34 heavy (non-hydrogen) atoms. The van der Waals surface area contributed by atoms with Gasteiger partial charge in [-0.3, -0.25) is 4.90 Å². The van der Waals surface area contributed by atoms with Crippen molar-refractivity contribution >= 4 is 0 Å². The molecule has 2 fully saturated rings. The first-order chi connectivity index (χ1) is 16.5. The maximum atomic E-state index is 14.1. The predicted molar refractivity (Wildman–Crippen MR) is 124 cm³/mol. The van der Waals surface area contributed by atoms with Crippen molar-refractivity contribution < 1.29 is 19.0 Å². The second-order valence-corrected chi connectivity index (χ2v) is 9.04. The number of benzene rings is 2. The van der Waals surface area contributed by atoms with Crippen LogP contribution in [-0.2, 0) is 11.3 Å². The van der Waals surface area contributed by atoms with Gasteiger partial charge in [-0.25, -0.2) is 9.07 Å². The molecule has 8 heteroatoms. The normalized spacial score (nSPS) is 19.9. The molecule has 176 valence electrons. The maximum Gasteiger partial charge on any atom is 0.173 e. The van der Waals surface area contributed by atoms with Crippen molar-refractivity contribution in [1.82, 2.24) is 14.7 Å². The maximum absolute atomic E-state index is 14.1. The van der Waals surface area contributed by atoms with Gasteiger partial charge in [-0.1, -0.05) is 18.2 Å². The standard InChI is InChI=1S/C26H27FN4O3/c27-26(18-32)16-30(17-26)14-20-4-3-5-21(12-20)25-23(34-22-9-7-19(13-28)8-10-22)15-31(29-25)24-6-1-2-11-33-24/h3-5,7-10,12,15,24,32H,1-2,6,11,14,16-18H2. The predicted octanol–water partition coefficient (Wildman–Crippen LogP) is 4.43. The van der Waals surface area contributed by atoms with E-state index in [1.54, 1.807) is 24.3 Å². The van der Waals surface area contributed by atoms with E-state index < -0.39 is 12.3 Å². The molecule has 5 rings (SSSR count). The average Bonchev–Trinajstić information content (AvgIpc) is 3.28. The van der Waals surface area contributed by atoms with Crippen LogP contribution in [0, 0.1) is 11.3 Å². The Kier molecular flexibility index (Phi) is 6.33. The largest absolute Gasteiger partial charge is 0.453 e. The molecule has 0 aliphatic carbocycles. The first kappa shape index (κ1) is 22.5. The van der Waals surface area contributed by atoms with Crippen LogP contribution in [-0.4, -0.2) is 51.8 Å². The van der Waals surface area contributed by atoms with Crippen LogP contribution in [0.5, 0.6) is 11.5 Å². The van der Waals surface area contributed by atoms with Gasteiger partial charge in [0.05, 0.1) is 24.4 Å². The number of ether oxygens (including phenoxy) is 2. The molecule has 2 aromatic carbocycles. The molecule has 0 amide bonds. The Hall–Kier alpha value is -3.25. The summed E-state index contributed by atoms with van der Waals surface area (Å²) in [5, 5.41) is 23.0. The van der Waals surface area contributed by atoms with E-state index in [0.29, 0.717) is 35.9 Å². The molecule has 1 N–H and O–H groups in total. The lowest BCUT2D eigenvalue weighted by atomic mass is 9.96. The van der Waals surface area contributed by atoms with Crippen LogP contribution in [0.1, 0.15) is 36.6 Å². The highest BCUT2D eigenvalue weighted by Gasteiger charge is 2.42. The second-order valence-electron chi connectivity index (χ2n) is 9.04. The van der Waals surface area contributed by atoms with E-state index in [0.717, 1.165) is 30.4 Å². The van der Waals surface area contributed by atoms with Crippen molar-refractivity contribution in [1.29, 1.82) is 5.26 Å². The van der Waals surface area contributed by atoms with Gasteiger partial charge in [0.15, 0.2) is 11.4 Å². The molecule has 2 aliphatic heterocycles. The smallest absolute Gasteiger partial charge is 0.173 e. The van der Waals surface area contributed by atoms with E-state index in [1.807, 2.05) is 40.0 Å². The van der Waals surface area contributed by atoms with E-state index in [1.165, 1.54) is 0 Å². The number of hydrogen-bond acceptors (Lipinski definition) is 6. The number of likely N-dealkylation sites (tertiary alicyclic amines) is 1. The minimum atomic E-state index is -1.49. The molecule has 3 heterocycles. The summed E-state index contributed by atoms with van der Waals surface area (Å²) in [4.78, 5) is 1.97. The molecule has 1 aromatic heterocycles. The third kappa shape index (κ3) is 4.82. The molecule has 0 radical (unpaired) electrons. The lowest BCUT2D eigenvalue weighted by molar-refractivity contribution is -0.0706. The molecule has 0 saturated carbocycles. The summed E-state index contributed by atoms with van der Waals surface area (Å²) in [6.07, 6.45) is 4.76. The van der Waals surface area contributed by atoms with Crippen molar-refractivity contribution in [2.24, 2.45) is 0 Å². The topological polar surface area (TPSA) is 83.5 Å². The average molecular weight is 463 g/mol. The Morgan fingerprint density at radius 3 is 2.74 bits per heavy atom. The number of aromatic nitrogens is 2. The lowest BCUT2D eigenvalue weighted by Gasteiger charge is -2.43. The van der Waals surface area contributed by atoms with Gasteiger partial charge in [-0.05, 0) is 55.2 Å². The molecule has 0 spiro atoms. The van der Waals surface area contributed by atoms with Crippen molar-refractivity contribution in [2.45, 2.75) is 37.7 Å². The third-order valence-electron chi connectivity index (χ3n) is 6.26. The molecule has 0 bridgehead atoms. The quantitative estimate of drug-likeness (QED) is 0.559. The van der Waals surface area contributed by atoms with E-state index in [-0.39, 0.29) is 19.3 Å². The molecule has 2 aliphatic rings. The van der Waals surface area contributed by atoms with E-state index in [2.05, 4.69) is 6.07 Å². The van der Waals surface area contributed by atoms with Gasteiger partial charge in [-0.2, -0.15) is 10.4 Å². The minimum Gasteiger partial charge on any atom is -0.453 e. The lowest BCUT2D eigenvalue weighted by Crippen LogP contribution is -2.60. The summed E-state index contributed by atoms with van der Waals surface area (Å²) in [7, 11) is 0. The van der Waals surface area contributed by atoms with Gasteiger partial charge >= 0.3 is 0 Å². The summed E-state index contributed by atoms with van der Waals surface area (Å²) in [6.45, 7) is 1.32. The summed E-state index contributed by atoms with van der Waals surface area (Å²) in [5.74, 6) is 1.22. The SMILES string of the molecule is N#Cc1ccc(Oc2cn(C3CCCCO3)nc2-c2cccc(CN3CC(F)(CO)C3)c2)cc1. The van der Waals surface area contributed by atoms with Gasteiger partial charge in [-0.15, -0.1) is 0 Å². The fourth-order valence-electron chi connectivity index (χ4n) is 4.50. The number of rotatable bonds is 7. The van der Waals surface area contributed by atoms with Crippen LogP contribution in [0.25, 0.3) is 11.3 Å². The number of aliphatic hydroxyl groups is 1. The minimum absolute atomic E-state index is 0.133. The number of halogens is 1. The summed E-state index contributed by atoms with van der Waals surface area (Å²) < 4.78 is 28.0. The highest BCUT2D eigenvalue weighted by Crippen LogP contribution is 2.36. The number of nitriles is 1. The molecule has 2 saturated heterocycles. The highest BCUT2D eigenvalue weighted by atomic mass is 19.1. The number of nitrogens with zero attached hydrogens (tertiary/aromatic N) is 4. The molecule has 7 nitrogen and oxygen atoms in total. The first-order valence-corrected chi connectivity index (χ1v) is 11.6. The van der Waals surface area contributed by atoms with Crippen molar-refractivity contribution in [3.63, 3.8) is 0 Å².